The van der Waals surface area contributed by atoms with Gasteiger partial charge in [-0.1, -0.05) is 19.8 Å². The Balaban J connectivity index is 2.36. The number of rotatable bonds is 6. The topological polar surface area (TPSA) is 41.6 Å². The maximum atomic E-state index is 12.1. The molecule has 17 heavy (non-hydrogen) atoms. The van der Waals surface area contributed by atoms with Crippen LogP contribution in [0.5, 0.6) is 0 Å². The van der Waals surface area contributed by atoms with Crippen molar-refractivity contribution < 1.29 is 9.53 Å². The number of unbranched alkanes of at least 4 members (excludes halogenated alkanes) is 2. The molecule has 0 aliphatic carbocycles. The fraction of sp³-hybridized carbons (Fsp3) is 0.923. The summed E-state index contributed by atoms with van der Waals surface area (Å²) in [5, 5.41) is 3.05. The maximum absolute atomic E-state index is 12.1. The minimum absolute atomic E-state index is 0.0617. The van der Waals surface area contributed by atoms with Crippen molar-refractivity contribution in [2.75, 3.05) is 19.8 Å². The molecule has 0 aromatic carbocycles. The van der Waals surface area contributed by atoms with Crippen LogP contribution in [-0.2, 0) is 4.74 Å². The fourth-order valence-corrected chi connectivity index (χ4v) is 2.03. The van der Waals surface area contributed by atoms with E-state index in [1.807, 2.05) is 4.90 Å². The minimum atomic E-state index is 0.0617. The summed E-state index contributed by atoms with van der Waals surface area (Å²) in [5.41, 5.74) is 0. The lowest BCUT2D eigenvalue weighted by Crippen LogP contribution is -2.48. The summed E-state index contributed by atoms with van der Waals surface area (Å²) in [6.07, 6.45) is 4.39. The van der Waals surface area contributed by atoms with E-state index >= 15 is 0 Å². The summed E-state index contributed by atoms with van der Waals surface area (Å²) >= 11 is 0. The number of ether oxygens (including phenoxy) is 1. The molecule has 1 aliphatic heterocycles. The highest BCUT2D eigenvalue weighted by Crippen LogP contribution is 2.07. The molecule has 0 aromatic heterocycles. The minimum Gasteiger partial charge on any atom is -0.379 e. The number of urea groups is 1. The first kappa shape index (κ1) is 14.3. The van der Waals surface area contributed by atoms with Crippen molar-refractivity contribution in [1.82, 2.24) is 10.2 Å². The van der Waals surface area contributed by atoms with Crippen LogP contribution in [-0.4, -0.2) is 42.8 Å². The molecule has 1 N–H and O–H groups in total. The van der Waals surface area contributed by atoms with E-state index in [4.69, 9.17) is 4.74 Å². The van der Waals surface area contributed by atoms with E-state index < -0.39 is 0 Å². The molecule has 0 saturated carbocycles. The van der Waals surface area contributed by atoms with Gasteiger partial charge in [0.25, 0.3) is 0 Å². The number of amides is 2. The molecule has 2 amide bonds. The molecule has 0 aromatic rings. The number of nitrogens with zero attached hydrogens (tertiary/aromatic N) is 1. The van der Waals surface area contributed by atoms with Crippen molar-refractivity contribution in [3.05, 3.63) is 0 Å². The van der Waals surface area contributed by atoms with E-state index in [2.05, 4.69) is 26.1 Å². The van der Waals surface area contributed by atoms with Gasteiger partial charge in [-0.2, -0.15) is 0 Å². The van der Waals surface area contributed by atoms with Gasteiger partial charge in [-0.15, -0.1) is 0 Å². The smallest absolute Gasteiger partial charge is 0.317 e. The van der Waals surface area contributed by atoms with Crippen molar-refractivity contribution >= 4 is 6.03 Å². The molecule has 1 aliphatic rings. The lowest BCUT2D eigenvalue weighted by Gasteiger charge is -2.28. The van der Waals surface area contributed by atoms with Crippen LogP contribution < -0.4 is 5.32 Å². The summed E-state index contributed by atoms with van der Waals surface area (Å²) in [6.45, 7) is 8.59. The van der Waals surface area contributed by atoms with Gasteiger partial charge < -0.3 is 15.0 Å². The summed E-state index contributed by atoms with van der Waals surface area (Å²) in [5.74, 6) is 0. The normalized spacial score (nSPS) is 19.6. The molecule has 4 heteroatoms. The average Bonchev–Trinajstić information content (AvgIpc) is 2.76. The van der Waals surface area contributed by atoms with Crippen molar-refractivity contribution in [1.29, 1.82) is 0 Å². The number of carbonyl (C=O) groups excluding carboxylic acids is 1. The summed E-state index contributed by atoms with van der Waals surface area (Å²) in [4.78, 5) is 14.0. The molecule has 1 rings (SSSR count). The van der Waals surface area contributed by atoms with Crippen molar-refractivity contribution in [2.24, 2.45) is 0 Å². The molecule has 1 saturated heterocycles. The lowest BCUT2D eigenvalue weighted by atomic mass is 10.2. The van der Waals surface area contributed by atoms with E-state index in [0.717, 1.165) is 26.0 Å². The SMILES string of the molecule is CCCCCN(C(=O)NC1CCOC1)C(C)C. The van der Waals surface area contributed by atoms with E-state index in [9.17, 15) is 4.79 Å². The summed E-state index contributed by atoms with van der Waals surface area (Å²) < 4.78 is 5.26. The zero-order valence-electron chi connectivity index (χ0n) is 11.4. The number of hydrogen-bond acceptors (Lipinski definition) is 2. The Kier molecular flexibility index (Phi) is 6.34. The molecule has 0 bridgehead atoms. The summed E-state index contributed by atoms with van der Waals surface area (Å²) in [6, 6.07) is 0.524. The van der Waals surface area contributed by atoms with E-state index in [-0.39, 0.29) is 18.1 Å². The predicted octanol–water partition coefficient (Wildman–Crippen LogP) is 2.39. The van der Waals surface area contributed by atoms with Crippen LogP contribution in [0.25, 0.3) is 0 Å². The second-order valence-electron chi connectivity index (χ2n) is 5.00. The highest BCUT2D eigenvalue weighted by Gasteiger charge is 2.22. The lowest BCUT2D eigenvalue weighted by molar-refractivity contribution is 0.168. The van der Waals surface area contributed by atoms with Crippen LogP contribution in [0.1, 0.15) is 46.5 Å². The molecule has 1 heterocycles. The Morgan fingerprint density at radius 1 is 1.47 bits per heavy atom. The van der Waals surface area contributed by atoms with Gasteiger partial charge in [-0.3, -0.25) is 0 Å². The molecular formula is C13H26N2O2. The Labute approximate surface area is 105 Å². The van der Waals surface area contributed by atoms with Gasteiger partial charge in [-0.25, -0.2) is 4.79 Å². The maximum Gasteiger partial charge on any atom is 0.317 e. The summed E-state index contributed by atoms with van der Waals surface area (Å²) in [7, 11) is 0. The first-order valence-corrected chi connectivity index (χ1v) is 6.80. The zero-order valence-corrected chi connectivity index (χ0v) is 11.4. The molecule has 4 nitrogen and oxygen atoms in total. The van der Waals surface area contributed by atoms with Gasteiger partial charge in [0.2, 0.25) is 0 Å². The van der Waals surface area contributed by atoms with Gasteiger partial charge in [0, 0.05) is 19.2 Å². The predicted molar refractivity (Wildman–Crippen MR) is 69.1 cm³/mol. The third kappa shape index (κ3) is 4.94. The Hall–Kier alpha value is -0.770. The third-order valence-electron chi connectivity index (χ3n) is 3.14. The van der Waals surface area contributed by atoms with Crippen molar-refractivity contribution in [3.63, 3.8) is 0 Å². The number of nitrogens with one attached hydrogen (secondary N) is 1. The third-order valence-corrected chi connectivity index (χ3v) is 3.14. The van der Waals surface area contributed by atoms with E-state index in [1.54, 1.807) is 0 Å². The van der Waals surface area contributed by atoms with Gasteiger partial charge >= 0.3 is 6.03 Å². The zero-order chi connectivity index (χ0) is 12.7. The molecule has 100 valence electrons. The largest absolute Gasteiger partial charge is 0.379 e. The van der Waals surface area contributed by atoms with Gasteiger partial charge in [-0.05, 0) is 26.7 Å². The molecule has 0 spiro atoms. The number of hydrogen-bond donors (Lipinski definition) is 1. The Morgan fingerprint density at radius 2 is 2.24 bits per heavy atom. The first-order chi connectivity index (χ1) is 8.15. The highest BCUT2D eigenvalue weighted by atomic mass is 16.5. The molecule has 1 fully saturated rings. The van der Waals surface area contributed by atoms with Crippen LogP contribution >= 0.6 is 0 Å². The quantitative estimate of drug-likeness (QED) is 0.727. The Morgan fingerprint density at radius 3 is 2.76 bits per heavy atom. The van der Waals surface area contributed by atoms with Gasteiger partial charge in [0.15, 0.2) is 0 Å². The molecule has 1 unspecified atom stereocenters. The van der Waals surface area contributed by atoms with Crippen LogP contribution in [0, 0.1) is 0 Å². The van der Waals surface area contributed by atoms with E-state index in [1.165, 1.54) is 12.8 Å². The fourth-order valence-electron chi connectivity index (χ4n) is 2.03. The van der Waals surface area contributed by atoms with Crippen molar-refractivity contribution in [2.45, 2.75) is 58.5 Å². The van der Waals surface area contributed by atoms with Crippen LogP contribution in [0.3, 0.4) is 0 Å². The average molecular weight is 242 g/mol. The Bertz CT molecular complexity index is 225. The monoisotopic (exact) mass is 242 g/mol. The van der Waals surface area contributed by atoms with Crippen LogP contribution in [0.15, 0.2) is 0 Å². The molecule has 1 atom stereocenters. The second-order valence-corrected chi connectivity index (χ2v) is 5.00. The standard InChI is InChI=1S/C13H26N2O2/c1-4-5-6-8-15(11(2)3)13(16)14-12-7-9-17-10-12/h11-12H,4-10H2,1-3H3,(H,14,16). The van der Waals surface area contributed by atoms with Crippen LogP contribution in [0.2, 0.25) is 0 Å². The second kappa shape index (κ2) is 7.54. The molecule has 0 radical (unpaired) electrons. The van der Waals surface area contributed by atoms with E-state index in [0.29, 0.717) is 6.61 Å². The molecular weight excluding hydrogens is 216 g/mol. The number of carbonyl (C=O) groups is 1. The highest BCUT2D eigenvalue weighted by molar-refractivity contribution is 5.74. The van der Waals surface area contributed by atoms with Crippen LogP contribution in [0.4, 0.5) is 4.79 Å². The van der Waals surface area contributed by atoms with Crippen molar-refractivity contribution in [3.8, 4) is 0 Å². The van der Waals surface area contributed by atoms with Gasteiger partial charge in [0.1, 0.15) is 0 Å². The first-order valence-electron chi connectivity index (χ1n) is 6.80. The van der Waals surface area contributed by atoms with Gasteiger partial charge in [0.05, 0.1) is 12.6 Å².